The Morgan fingerprint density at radius 2 is 1.31 bits per heavy atom. The summed E-state index contributed by atoms with van der Waals surface area (Å²) < 4.78 is 58.7. The Hall–Kier alpha value is -5.20. The first-order valence-corrected chi connectivity index (χ1v) is 18.1. The van der Waals surface area contributed by atoms with E-state index in [1.165, 1.54) is 41.5 Å². The summed E-state index contributed by atoms with van der Waals surface area (Å²) in [6.07, 6.45) is -5.82. The van der Waals surface area contributed by atoms with Crippen LogP contribution in [0.5, 0.6) is 0 Å². The van der Waals surface area contributed by atoms with Crippen LogP contribution in [-0.4, -0.2) is 71.6 Å². The number of esters is 3. The minimum absolute atomic E-state index is 0.00180. The van der Waals surface area contributed by atoms with Gasteiger partial charge in [0.05, 0.1) is 5.92 Å². The Balaban J connectivity index is 1.57. The predicted octanol–water partition coefficient (Wildman–Crippen LogP) is 7.13. The van der Waals surface area contributed by atoms with E-state index in [1.54, 1.807) is 24.3 Å². The van der Waals surface area contributed by atoms with Gasteiger partial charge in [0, 0.05) is 18.9 Å². The van der Waals surface area contributed by atoms with Gasteiger partial charge in [-0.25, -0.2) is 4.79 Å². The van der Waals surface area contributed by atoms with Gasteiger partial charge >= 0.3 is 30.0 Å². The summed E-state index contributed by atoms with van der Waals surface area (Å²) in [6.45, 7) is 9.44. The first-order chi connectivity index (χ1) is 25.7. The number of hydrogen-bond acceptors (Lipinski definition) is 8. The van der Waals surface area contributed by atoms with Gasteiger partial charge in [0.2, 0.25) is 5.91 Å². The normalized spacial score (nSPS) is 14.4. The van der Waals surface area contributed by atoms with E-state index in [0.717, 1.165) is 34.7 Å². The van der Waals surface area contributed by atoms with Crippen molar-refractivity contribution < 1.29 is 51.4 Å². The van der Waals surface area contributed by atoms with E-state index in [4.69, 9.17) is 14.2 Å². The van der Waals surface area contributed by atoms with Crippen LogP contribution in [0.2, 0.25) is 0 Å². The molecular formula is C42H49F3N2O8. The summed E-state index contributed by atoms with van der Waals surface area (Å²) in [4.78, 5) is 66.7. The second-order valence-electron chi connectivity index (χ2n) is 15.7. The zero-order chi connectivity index (χ0) is 40.7. The molecule has 0 radical (unpaired) electrons. The van der Waals surface area contributed by atoms with Gasteiger partial charge in [-0.15, -0.1) is 0 Å². The molecule has 0 bridgehead atoms. The van der Waals surface area contributed by atoms with Crippen LogP contribution >= 0.6 is 0 Å². The smallest absolute Gasteiger partial charge is 0.464 e. The first-order valence-electron chi connectivity index (χ1n) is 18.1. The molecule has 3 atom stereocenters. The minimum atomic E-state index is -5.44. The quantitative estimate of drug-likeness (QED) is 0.136. The molecule has 55 heavy (non-hydrogen) atoms. The topological polar surface area (TPSA) is 128 Å². The molecule has 1 aliphatic carbocycles. The van der Waals surface area contributed by atoms with E-state index >= 15 is 0 Å². The molecular weight excluding hydrogens is 717 g/mol. The van der Waals surface area contributed by atoms with E-state index in [-0.39, 0.29) is 36.9 Å². The van der Waals surface area contributed by atoms with Gasteiger partial charge in [0.1, 0.15) is 30.9 Å². The monoisotopic (exact) mass is 766 g/mol. The molecule has 3 aromatic carbocycles. The number of carbonyl (C=O) groups is 5. The third-order valence-electron chi connectivity index (χ3n) is 9.14. The van der Waals surface area contributed by atoms with Crippen LogP contribution in [0.4, 0.5) is 13.2 Å². The molecule has 1 N–H and O–H groups in total. The maximum absolute atomic E-state index is 14.1. The molecule has 3 unspecified atom stereocenters. The standard InChI is InChI=1S/C42H49F3N2O8/c1-26(37(50)55-41(5,6)7)47(39(52)42(43,44)45)35(40(2,3)4)36(49)46-23-28(21-22-34(48)53-24-27-15-9-8-10-16-27)38(51)54-25-33-31-19-13-11-17-29(31)30-18-12-14-20-32(30)33/h8-20,26,28,33,35H,21-25H2,1-7H3,(H,46,49). The minimum Gasteiger partial charge on any atom is -0.464 e. The number of nitrogens with one attached hydrogen (secondary N) is 1. The molecule has 0 saturated heterocycles. The fraction of sp³-hybridized carbons (Fsp3) is 0.452. The molecule has 0 aliphatic heterocycles. The highest BCUT2D eigenvalue weighted by atomic mass is 19.4. The third kappa shape index (κ3) is 11.2. The van der Waals surface area contributed by atoms with Crippen molar-refractivity contribution in [3.63, 3.8) is 0 Å². The lowest BCUT2D eigenvalue weighted by Gasteiger charge is -2.42. The molecule has 296 valence electrons. The lowest BCUT2D eigenvalue weighted by molar-refractivity contribution is -0.197. The van der Waals surface area contributed by atoms with Crippen LogP contribution in [0, 0.1) is 11.3 Å². The van der Waals surface area contributed by atoms with Crippen molar-refractivity contribution in [2.75, 3.05) is 13.2 Å². The van der Waals surface area contributed by atoms with Gasteiger partial charge in [-0.05, 0) is 67.3 Å². The SMILES string of the molecule is CC(C(=O)OC(C)(C)C)N(C(=O)C(F)(F)F)C(C(=O)NCC(CCC(=O)OCc1ccccc1)C(=O)OCC1c2ccccc2-c2ccccc21)C(C)(C)C. The zero-order valence-corrected chi connectivity index (χ0v) is 32.2. The van der Waals surface area contributed by atoms with Gasteiger partial charge in [0.15, 0.2) is 0 Å². The molecule has 2 amide bonds. The lowest BCUT2D eigenvalue weighted by atomic mass is 9.83. The van der Waals surface area contributed by atoms with Crippen LogP contribution in [0.15, 0.2) is 78.9 Å². The summed E-state index contributed by atoms with van der Waals surface area (Å²) in [6, 6.07) is 20.8. The average molecular weight is 767 g/mol. The average Bonchev–Trinajstić information content (AvgIpc) is 3.43. The zero-order valence-electron chi connectivity index (χ0n) is 32.2. The summed E-state index contributed by atoms with van der Waals surface area (Å²) in [7, 11) is 0. The number of fused-ring (bicyclic) bond motifs is 3. The Bertz CT molecular complexity index is 1800. The van der Waals surface area contributed by atoms with Crippen molar-refractivity contribution in [3.8, 4) is 11.1 Å². The molecule has 1 aliphatic rings. The summed E-state index contributed by atoms with van der Waals surface area (Å²) in [5.41, 5.74) is 2.26. The molecule has 0 saturated carbocycles. The lowest BCUT2D eigenvalue weighted by Crippen LogP contribution is -2.63. The second-order valence-corrected chi connectivity index (χ2v) is 15.7. The molecule has 4 rings (SSSR count). The highest BCUT2D eigenvalue weighted by Gasteiger charge is 2.52. The largest absolute Gasteiger partial charge is 0.471 e. The fourth-order valence-electron chi connectivity index (χ4n) is 6.55. The van der Waals surface area contributed by atoms with Gasteiger partial charge in [-0.3, -0.25) is 19.2 Å². The van der Waals surface area contributed by atoms with Gasteiger partial charge in [-0.1, -0.05) is 99.6 Å². The Morgan fingerprint density at radius 3 is 1.84 bits per heavy atom. The number of rotatable bonds is 14. The molecule has 13 heteroatoms. The number of amides is 2. The number of nitrogens with zero attached hydrogens (tertiary/aromatic N) is 1. The van der Waals surface area contributed by atoms with Gasteiger partial charge in [0.25, 0.3) is 0 Å². The highest BCUT2D eigenvalue weighted by Crippen LogP contribution is 2.44. The van der Waals surface area contributed by atoms with Crippen molar-refractivity contribution >= 4 is 29.7 Å². The summed E-state index contributed by atoms with van der Waals surface area (Å²) in [5.74, 6) is -7.40. The van der Waals surface area contributed by atoms with Crippen molar-refractivity contribution in [3.05, 3.63) is 95.6 Å². The molecule has 0 heterocycles. The van der Waals surface area contributed by atoms with E-state index in [2.05, 4.69) is 5.32 Å². The van der Waals surface area contributed by atoms with E-state index < -0.39 is 71.5 Å². The highest BCUT2D eigenvalue weighted by molar-refractivity contribution is 5.94. The molecule has 0 fully saturated rings. The number of hydrogen-bond donors (Lipinski definition) is 1. The molecule has 10 nitrogen and oxygen atoms in total. The summed E-state index contributed by atoms with van der Waals surface area (Å²) >= 11 is 0. The number of halogens is 3. The van der Waals surface area contributed by atoms with E-state index in [1.807, 2.05) is 54.6 Å². The number of alkyl halides is 3. The van der Waals surface area contributed by atoms with Crippen LogP contribution in [-0.2, 0) is 44.8 Å². The third-order valence-corrected chi connectivity index (χ3v) is 9.14. The number of carbonyl (C=O) groups excluding carboxylic acids is 5. The maximum Gasteiger partial charge on any atom is 0.471 e. The number of benzene rings is 3. The van der Waals surface area contributed by atoms with Crippen molar-refractivity contribution in [1.82, 2.24) is 10.2 Å². The van der Waals surface area contributed by atoms with E-state index in [0.29, 0.717) is 0 Å². The maximum atomic E-state index is 14.1. The Kier molecular flexibility index (Phi) is 13.5. The second kappa shape index (κ2) is 17.5. The first kappa shape index (κ1) is 42.5. The molecule has 0 spiro atoms. The number of ether oxygens (including phenoxy) is 3. The van der Waals surface area contributed by atoms with Gasteiger partial charge in [-0.2, -0.15) is 13.2 Å². The Morgan fingerprint density at radius 1 is 0.764 bits per heavy atom. The predicted molar refractivity (Wildman–Crippen MR) is 198 cm³/mol. The van der Waals surface area contributed by atoms with Crippen LogP contribution in [0.1, 0.15) is 83.9 Å². The molecule has 0 aromatic heterocycles. The van der Waals surface area contributed by atoms with E-state index in [9.17, 15) is 37.1 Å². The van der Waals surface area contributed by atoms with Crippen LogP contribution < -0.4 is 5.32 Å². The molecule has 3 aromatic rings. The van der Waals surface area contributed by atoms with Crippen LogP contribution in [0.25, 0.3) is 11.1 Å². The van der Waals surface area contributed by atoms with Crippen LogP contribution in [0.3, 0.4) is 0 Å². The Labute approximate surface area is 319 Å². The summed E-state index contributed by atoms with van der Waals surface area (Å²) in [5, 5.41) is 2.53. The van der Waals surface area contributed by atoms with Crippen molar-refractivity contribution in [1.29, 1.82) is 0 Å². The van der Waals surface area contributed by atoms with Crippen molar-refractivity contribution in [2.24, 2.45) is 11.3 Å². The van der Waals surface area contributed by atoms with Crippen molar-refractivity contribution in [2.45, 2.75) is 97.7 Å². The van der Waals surface area contributed by atoms with Gasteiger partial charge < -0.3 is 24.4 Å². The fourth-order valence-corrected chi connectivity index (χ4v) is 6.55.